The van der Waals surface area contributed by atoms with E-state index in [4.69, 9.17) is 16.9 Å². The van der Waals surface area contributed by atoms with Gasteiger partial charge in [-0.15, -0.1) is 0 Å². The average Bonchev–Trinajstić information content (AvgIpc) is 2.95. The standard InChI is InChI=1S/C18H20ClN5/c1-23-7-5-15(17(23)14-4-3-6-21-11-14)12-24(2)18-16(19)8-13(9-20)10-22-18/h3-4,6,8,10-11,15,17H,5,7,12H2,1-2H3/t15-,17-/m0/s1. The van der Waals surface area contributed by atoms with Crippen LogP contribution in [0.3, 0.4) is 0 Å². The first-order valence-electron chi connectivity index (χ1n) is 7.97. The lowest BCUT2D eigenvalue weighted by Crippen LogP contribution is -2.30. The number of rotatable bonds is 4. The van der Waals surface area contributed by atoms with E-state index in [1.807, 2.05) is 19.3 Å². The van der Waals surface area contributed by atoms with Gasteiger partial charge in [0.2, 0.25) is 0 Å². The van der Waals surface area contributed by atoms with Gasteiger partial charge >= 0.3 is 0 Å². The van der Waals surface area contributed by atoms with Crippen LogP contribution in [-0.2, 0) is 0 Å². The molecule has 1 fully saturated rings. The van der Waals surface area contributed by atoms with E-state index in [2.05, 4.69) is 39.0 Å². The molecule has 0 spiro atoms. The Morgan fingerprint density at radius 2 is 2.29 bits per heavy atom. The molecule has 1 saturated heterocycles. The van der Waals surface area contributed by atoms with Crippen molar-refractivity contribution < 1.29 is 0 Å². The fourth-order valence-corrected chi connectivity index (χ4v) is 3.82. The molecular formula is C18H20ClN5. The van der Waals surface area contributed by atoms with Crippen molar-refractivity contribution in [1.82, 2.24) is 14.9 Å². The van der Waals surface area contributed by atoms with E-state index in [9.17, 15) is 0 Å². The van der Waals surface area contributed by atoms with Crippen LogP contribution in [-0.4, -0.2) is 42.1 Å². The van der Waals surface area contributed by atoms with Gasteiger partial charge in [-0.05, 0) is 43.6 Å². The highest BCUT2D eigenvalue weighted by Gasteiger charge is 2.34. The molecule has 124 valence electrons. The molecule has 3 rings (SSSR count). The maximum Gasteiger partial charge on any atom is 0.147 e. The lowest BCUT2D eigenvalue weighted by atomic mass is 9.94. The summed E-state index contributed by atoms with van der Waals surface area (Å²) in [7, 11) is 4.16. The van der Waals surface area contributed by atoms with Crippen molar-refractivity contribution in [3.8, 4) is 6.07 Å². The van der Waals surface area contributed by atoms with E-state index in [1.165, 1.54) is 5.56 Å². The number of hydrogen-bond donors (Lipinski definition) is 0. The van der Waals surface area contributed by atoms with Crippen molar-refractivity contribution in [2.45, 2.75) is 12.5 Å². The molecule has 0 radical (unpaired) electrons. The van der Waals surface area contributed by atoms with E-state index in [0.717, 1.165) is 25.3 Å². The number of halogens is 1. The van der Waals surface area contributed by atoms with Crippen molar-refractivity contribution in [3.05, 3.63) is 52.9 Å². The number of nitrogens with zero attached hydrogens (tertiary/aromatic N) is 5. The molecule has 0 N–H and O–H groups in total. The lowest BCUT2D eigenvalue weighted by Gasteiger charge is -2.29. The third-order valence-corrected chi connectivity index (χ3v) is 4.90. The average molecular weight is 342 g/mol. The lowest BCUT2D eigenvalue weighted by molar-refractivity contribution is 0.278. The van der Waals surface area contributed by atoms with Crippen molar-refractivity contribution in [2.24, 2.45) is 5.92 Å². The number of hydrogen-bond acceptors (Lipinski definition) is 5. The zero-order chi connectivity index (χ0) is 17.1. The Bertz CT molecular complexity index is 743. The molecule has 0 aliphatic carbocycles. The van der Waals surface area contributed by atoms with Crippen molar-refractivity contribution >= 4 is 17.4 Å². The van der Waals surface area contributed by atoms with Gasteiger partial charge in [-0.25, -0.2) is 4.98 Å². The monoisotopic (exact) mass is 341 g/mol. The normalized spacial score (nSPS) is 20.8. The van der Waals surface area contributed by atoms with Gasteiger partial charge in [0.15, 0.2) is 0 Å². The zero-order valence-electron chi connectivity index (χ0n) is 13.9. The van der Waals surface area contributed by atoms with Crippen molar-refractivity contribution in [3.63, 3.8) is 0 Å². The van der Waals surface area contributed by atoms with Crippen LogP contribution >= 0.6 is 11.6 Å². The zero-order valence-corrected chi connectivity index (χ0v) is 14.6. The highest BCUT2D eigenvalue weighted by Crippen LogP contribution is 2.37. The summed E-state index contributed by atoms with van der Waals surface area (Å²) in [6, 6.07) is 8.20. The van der Waals surface area contributed by atoms with Gasteiger partial charge in [-0.2, -0.15) is 5.26 Å². The van der Waals surface area contributed by atoms with Crippen LogP contribution in [0.4, 0.5) is 5.82 Å². The minimum Gasteiger partial charge on any atom is -0.358 e. The molecule has 1 aliphatic heterocycles. The van der Waals surface area contributed by atoms with Gasteiger partial charge in [-0.3, -0.25) is 9.88 Å². The summed E-state index contributed by atoms with van der Waals surface area (Å²) in [5.41, 5.74) is 1.72. The minimum absolute atomic E-state index is 0.346. The third-order valence-electron chi connectivity index (χ3n) is 4.62. The van der Waals surface area contributed by atoms with Gasteiger partial charge in [0.25, 0.3) is 0 Å². The number of nitriles is 1. The number of likely N-dealkylation sites (tertiary alicyclic amines) is 1. The second kappa shape index (κ2) is 7.16. The first-order valence-corrected chi connectivity index (χ1v) is 8.35. The van der Waals surface area contributed by atoms with E-state index in [0.29, 0.717) is 22.5 Å². The molecule has 5 nitrogen and oxygen atoms in total. The smallest absolute Gasteiger partial charge is 0.147 e. The Kier molecular flexibility index (Phi) is 4.98. The van der Waals surface area contributed by atoms with Gasteiger partial charge in [-0.1, -0.05) is 17.7 Å². The topological polar surface area (TPSA) is 56.1 Å². The number of pyridine rings is 2. The minimum atomic E-state index is 0.346. The fraction of sp³-hybridized carbons (Fsp3) is 0.389. The van der Waals surface area contributed by atoms with Crippen LogP contribution in [0.25, 0.3) is 0 Å². The summed E-state index contributed by atoms with van der Waals surface area (Å²) in [5.74, 6) is 1.19. The molecule has 0 saturated carbocycles. The molecule has 0 aromatic carbocycles. The predicted molar refractivity (Wildman–Crippen MR) is 94.9 cm³/mol. The van der Waals surface area contributed by atoms with Crippen molar-refractivity contribution in [2.75, 3.05) is 32.1 Å². The fourth-order valence-electron chi connectivity index (χ4n) is 3.51. The molecule has 0 unspecified atom stereocenters. The van der Waals surface area contributed by atoms with Crippen LogP contribution in [0.5, 0.6) is 0 Å². The Labute approximate surface area is 147 Å². The van der Waals surface area contributed by atoms with Crippen LogP contribution in [0.2, 0.25) is 5.02 Å². The third kappa shape index (κ3) is 3.35. The Morgan fingerprint density at radius 3 is 2.96 bits per heavy atom. The molecule has 6 heteroatoms. The molecule has 2 aromatic heterocycles. The highest BCUT2D eigenvalue weighted by molar-refractivity contribution is 6.33. The molecular weight excluding hydrogens is 322 g/mol. The first-order chi connectivity index (χ1) is 11.6. The Balaban J connectivity index is 1.78. The van der Waals surface area contributed by atoms with Crippen molar-refractivity contribution in [1.29, 1.82) is 5.26 Å². The second-order valence-electron chi connectivity index (χ2n) is 6.28. The highest BCUT2D eigenvalue weighted by atomic mass is 35.5. The molecule has 0 bridgehead atoms. The van der Waals surface area contributed by atoms with Crippen LogP contribution in [0.15, 0.2) is 36.8 Å². The molecule has 3 heterocycles. The first kappa shape index (κ1) is 16.7. The quantitative estimate of drug-likeness (QED) is 0.855. The summed E-state index contributed by atoms with van der Waals surface area (Å²) in [5, 5.41) is 9.45. The number of anilines is 1. The van der Waals surface area contributed by atoms with E-state index in [1.54, 1.807) is 18.5 Å². The van der Waals surface area contributed by atoms with Crippen LogP contribution in [0, 0.1) is 17.2 Å². The maximum absolute atomic E-state index is 8.94. The molecule has 24 heavy (non-hydrogen) atoms. The Hall–Kier alpha value is -2.16. The van der Waals surface area contributed by atoms with E-state index < -0.39 is 0 Å². The predicted octanol–water partition coefficient (Wildman–Crippen LogP) is 3.13. The molecule has 2 aromatic rings. The SMILES string of the molecule is CN(C[C@@H]1CCN(C)[C@H]1c1cccnc1)c1ncc(C#N)cc1Cl. The van der Waals surface area contributed by atoms with Gasteiger partial charge in [0, 0.05) is 38.2 Å². The van der Waals surface area contributed by atoms with Gasteiger partial charge < -0.3 is 4.90 Å². The summed E-state index contributed by atoms with van der Waals surface area (Å²) in [6.07, 6.45) is 6.44. The molecule has 2 atom stereocenters. The Morgan fingerprint density at radius 1 is 1.46 bits per heavy atom. The largest absolute Gasteiger partial charge is 0.358 e. The van der Waals surface area contributed by atoms with Gasteiger partial charge in [0.05, 0.1) is 10.6 Å². The van der Waals surface area contributed by atoms with Gasteiger partial charge in [0.1, 0.15) is 11.9 Å². The number of aromatic nitrogens is 2. The molecule has 0 amide bonds. The van der Waals surface area contributed by atoms with E-state index in [-0.39, 0.29) is 0 Å². The molecule has 1 aliphatic rings. The summed E-state index contributed by atoms with van der Waals surface area (Å²) >= 11 is 6.29. The summed E-state index contributed by atoms with van der Waals surface area (Å²) in [4.78, 5) is 13.1. The second-order valence-corrected chi connectivity index (χ2v) is 6.69. The van der Waals surface area contributed by atoms with Crippen LogP contribution < -0.4 is 4.90 Å². The maximum atomic E-state index is 8.94. The van der Waals surface area contributed by atoms with E-state index >= 15 is 0 Å². The summed E-state index contributed by atoms with van der Waals surface area (Å²) in [6.45, 7) is 1.91. The summed E-state index contributed by atoms with van der Waals surface area (Å²) < 4.78 is 0. The van der Waals surface area contributed by atoms with Crippen LogP contribution in [0.1, 0.15) is 23.6 Å².